The number of halogens is 1. The summed E-state index contributed by atoms with van der Waals surface area (Å²) in [5, 5.41) is 6.31. The van der Waals surface area contributed by atoms with Crippen molar-refractivity contribution >= 4 is 5.91 Å². The molecule has 2 fully saturated rings. The van der Waals surface area contributed by atoms with Crippen molar-refractivity contribution in [2.45, 2.75) is 31.1 Å². The van der Waals surface area contributed by atoms with Crippen molar-refractivity contribution in [3.05, 3.63) is 35.6 Å². The largest absolute Gasteiger partial charge is 0.355 e. The molecule has 1 saturated heterocycles. The normalized spacial score (nSPS) is 21.4. The van der Waals surface area contributed by atoms with Gasteiger partial charge in [0.05, 0.1) is 0 Å². The van der Waals surface area contributed by atoms with Crippen molar-refractivity contribution in [2.24, 2.45) is 5.92 Å². The van der Waals surface area contributed by atoms with Crippen molar-refractivity contribution in [1.82, 2.24) is 10.6 Å². The fraction of sp³-hybridized carbons (Fsp3) is 0.562. The lowest BCUT2D eigenvalue weighted by Crippen LogP contribution is -2.41. The molecule has 2 N–H and O–H groups in total. The summed E-state index contributed by atoms with van der Waals surface area (Å²) in [6, 6.07) is 6.93. The summed E-state index contributed by atoms with van der Waals surface area (Å²) in [6.07, 6.45) is 3.72. The SMILES string of the molecule is O=C(NCC1(c2ccccc2F)CC1)C1CCNCC1. The molecule has 0 radical (unpaired) electrons. The minimum atomic E-state index is -0.159. The van der Waals surface area contributed by atoms with Crippen molar-refractivity contribution in [1.29, 1.82) is 0 Å². The Hall–Kier alpha value is -1.42. The third-order valence-corrected chi connectivity index (χ3v) is 4.61. The van der Waals surface area contributed by atoms with Gasteiger partial charge in [0.15, 0.2) is 0 Å². The van der Waals surface area contributed by atoms with Gasteiger partial charge in [0.25, 0.3) is 0 Å². The molecule has 0 aromatic heterocycles. The monoisotopic (exact) mass is 276 g/mol. The Balaban J connectivity index is 1.60. The molecular weight excluding hydrogens is 255 g/mol. The van der Waals surface area contributed by atoms with Gasteiger partial charge in [-0.05, 0) is 50.4 Å². The molecule has 1 aromatic carbocycles. The van der Waals surface area contributed by atoms with E-state index in [0.717, 1.165) is 44.3 Å². The number of benzene rings is 1. The third-order valence-electron chi connectivity index (χ3n) is 4.61. The number of carbonyl (C=O) groups is 1. The lowest BCUT2D eigenvalue weighted by molar-refractivity contribution is -0.125. The van der Waals surface area contributed by atoms with Gasteiger partial charge in [-0.2, -0.15) is 0 Å². The summed E-state index contributed by atoms with van der Waals surface area (Å²) in [4.78, 5) is 12.2. The zero-order valence-corrected chi connectivity index (χ0v) is 11.6. The molecule has 3 nitrogen and oxygen atoms in total. The predicted molar refractivity (Wildman–Crippen MR) is 75.9 cm³/mol. The zero-order chi connectivity index (χ0) is 14.0. The van der Waals surface area contributed by atoms with Crippen LogP contribution >= 0.6 is 0 Å². The van der Waals surface area contributed by atoms with Gasteiger partial charge in [-0.3, -0.25) is 4.79 Å². The molecule has 1 aliphatic heterocycles. The summed E-state index contributed by atoms with van der Waals surface area (Å²) in [7, 11) is 0. The second kappa shape index (κ2) is 5.52. The van der Waals surface area contributed by atoms with Crippen LogP contribution in [-0.2, 0) is 10.2 Å². The first-order chi connectivity index (χ1) is 9.71. The lowest BCUT2D eigenvalue weighted by atomic mass is 9.93. The first-order valence-corrected chi connectivity index (χ1v) is 7.45. The van der Waals surface area contributed by atoms with Gasteiger partial charge in [-0.15, -0.1) is 0 Å². The Morgan fingerprint density at radius 1 is 1.30 bits per heavy atom. The predicted octanol–water partition coefficient (Wildman–Crippen LogP) is 1.97. The van der Waals surface area contributed by atoms with Gasteiger partial charge in [-0.25, -0.2) is 4.39 Å². The number of nitrogens with one attached hydrogen (secondary N) is 2. The van der Waals surface area contributed by atoms with Gasteiger partial charge in [0.1, 0.15) is 5.82 Å². The molecule has 3 rings (SSSR count). The fourth-order valence-electron chi connectivity index (χ4n) is 3.07. The van der Waals surface area contributed by atoms with Crippen LogP contribution in [0.2, 0.25) is 0 Å². The Bertz CT molecular complexity index is 493. The van der Waals surface area contributed by atoms with E-state index in [2.05, 4.69) is 10.6 Å². The molecule has 4 heteroatoms. The van der Waals surface area contributed by atoms with Crippen molar-refractivity contribution in [2.75, 3.05) is 19.6 Å². The first-order valence-electron chi connectivity index (χ1n) is 7.45. The van der Waals surface area contributed by atoms with E-state index in [0.29, 0.717) is 6.54 Å². The molecule has 1 heterocycles. The van der Waals surface area contributed by atoms with E-state index in [9.17, 15) is 9.18 Å². The van der Waals surface area contributed by atoms with Crippen LogP contribution in [0.1, 0.15) is 31.2 Å². The number of hydrogen-bond donors (Lipinski definition) is 2. The molecular formula is C16H21FN2O. The van der Waals surface area contributed by atoms with E-state index in [1.807, 2.05) is 12.1 Å². The highest BCUT2D eigenvalue weighted by Crippen LogP contribution is 2.48. The highest BCUT2D eigenvalue weighted by molar-refractivity contribution is 5.79. The van der Waals surface area contributed by atoms with E-state index in [1.54, 1.807) is 6.07 Å². The summed E-state index contributed by atoms with van der Waals surface area (Å²) in [6.45, 7) is 2.39. The van der Waals surface area contributed by atoms with Gasteiger partial charge < -0.3 is 10.6 Å². The fourth-order valence-corrected chi connectivity index (χ4v) is 3.07. The molecule has 1 amide bonds. The maximum Gasteiger partial charge on any atom is 0.223 e. The molecule has 1 saturated carbocycles. The van der Waals surface area contributed by atoms with Gasteiger partial charge in [-0.1, -0.05) is 18.2 Å². The molecule has 2 aliphatic rings. The summed E-state index contributed by atoms with van der Waals surface area (Å²) >= 11 is 0. The average molecular weight is 276 g/mol. The molecule has 0 unspecified atom stereocenters. The van der Waals surface area contributed by atoms with E-state index in [4.69, 9.17) is 0 Å². The number of hydrogen-bond acceptors (Lipinski definition) is 2. The number of rotatable bonds is 4. The smallest absolute Gasteiger partial charge is 0.223 e. The third kappa shape index (κ3) is 2.70. The van der Waals surface area contributed by atoms with Crippen LogP contribution < -0.4 is 10.6 Å². The van der Waals surface area contributed by atoms with E-state index >= 15 is 0 Å². The van der Waals surface area contributed by atoms with Gasteiger partial charge >= 0.3 is 0 Å². The van der Waals surface area contributed by atoms with Crippen molar-refractivity contribution in [3.63, 3.8) is 0 Å². The maximum atomic E-state index is 13.9. The molecule has 1 aromatic rings. The Morgan fingerprint density at radius 2 is 2.00 bits per heavy atom. The number of amides is 1. The van der Waals surface area contributed by atoms with Gasteiger partial charge in [0, 0.05) is 17.9 Å². The highest BCUT2D eigenvalue weighted by atomic mass is 19.1. The van der Waals surface area contributed by atoms with Crippen molar-refractivity contribution in [3.8, 4) is 0 Å². The standard InChI is InChI=1S/C16H21FN2O/c17-14-4-2-1-3-13(14)16(7-8-16)11-19-15(20)12-5-9-18-10-6-12/h1-4,12,18H,5-11H2,(H,19,20). The van der Waals surface area contributed by atoms with Crippen LogP contribution in [0.25, 0.3) is 0 Å². The quantitative estimate of drug-likeness (QED) is 0.883. The topological polar surface area (TPSA) is 41.1 Å². The number of piperidine rings is 1. The van der Waals surface area contributed by atoms with E-state index in [-0.39, 0.29) is 23.1 Å². The Morgan fingerprint density at radius 3 is 2.65 bits per heavy atom. The van der Waals surface area contributed by atoms with Crippen LogP contribution in [0.5, 0.6) is 0 Å². The Kier molecular flexibility index (Phi) is 3.74. The van der Waals surface area contributed by atoms with Crippen LogP contribution in [0.3, 0.4) is 0 Å². The summed E-state index contributed by atoms with van der Waals surface area (Å²) in [5.41, 5.74) is 0.596. The van der Waals surface area contributed by atoms with Crippen LogP contribution in [0.15, 0.2) is 24.3 Å². The highest BCUT2D eigenvalue weighted by Gasteiger charge is 2.46. The van der Waals surface area contributed by atoms with Crippen LogP contribution in [0, 0.1) is 11.7 Å². The minimum Gasteiger partial charge on any atom is -0.355 e. The molecule has 0 spiro atoms. The molecule has 0 bridgehead atoms. The second-order valence-corrected chi connectivity index (χ2v) is 6.00. The van der Waals surface area contributed by atoms with Crippen molar-refractivity contribution < 1.29 is 9.18 Å². The average Bonchev–Trinajstić information content (AvgIpc) is 3.27. The molecule has 20 heavy (non-hydrogen) atoms. The first kappa shape index (κ1) is 13.6. The molecule has 1 aliphatic carbocycles. The van der Waals surface area contributed by atoms with E-state index < -0.39 is 0 Å². The minimum absolute atomic E-state index is 0.118. The molecule has 108 valence electrons. The van der Waals surface area contributed by atoms with Gasteiger partial charge in [0.2, 0.25) is 5.91 Å². The maximum absolute atomic E-state index is 13.9. The number of carbonyl (C=O) groups excluding carboxylic acids is 1. The summed E-state index contributed by atoms with van der Waals surface area (Å²) < 4.78 is 13.9. The zero-order valence-electron chi connectivity index (χ0n) is 11.6. The summed E-state index contributed by atoms with van der Waals surface area (Å²) in [5.74, 6) is 0.0999. The Labute approximate surface area is 118 Å². The van der Waals surface area contributed by atoms with E-state index in [1.165, 1.54) is 6.07 Å². The molecule has 0 atom stereocenters. The second-order valence-electron chi connectivity index (χ2n) is 6.00. The van der Waals surface area contributed by atoms with Crippen LogP contribution in [0.4, 0.5) is 4.39 Å². The lowest BCUT2D eigenvalue weighted by Gasteiger charge is -2.24. The van der Waals surface area contributed by atoms with Crippen LogP contribution in [-0.4, -0.2) is 25.5 Å².